The topological polar surface area (TPSA) is 158 Å². The van der Waals surface area contributed by atoms with Crippen molar-refractivity contribution in [3.05, 3.63) is 56.5 Å². The number of piperidine rings is 2. The first-order chi connectivity index (χ1) is 24.5. The fourth-order valence-corrected chi connectivity index (χ4v) is 9.10. The van der Waals surface area contributed by atoms with E-state index >= 15 is 0 Å². The molecule has 4 aliphatic rings. The van der Waals surface area contributed by atoms with Gasteiger partial charge in [-0.1, -0.05) is 18.2 Å². The quantitative estimate of drug-likeness (QED) is 0.243. The predicted molar refractivity (Wildman–Crippen MR) is 196 cm³/mol. The summed E-state index contributed by atoms with van der Waals surface area (Å²) < 4.78 is 6.94. The fraction of sp³-hybridized carbons (Fsp3) is 0.543. The normalized spacial score (nSPS) is 21.4. The Morgan fingerprint density at radius 3 is 2.24 bits per heavy atom. The monoisotopic (exact) mass is 833 g/mol. The lowest BCUT2D eigenvalue weighted by Gasteiger charge is -2.46. The molecular formula is C35H45Br2N7O7. The lowest BCUT2D eigenvalue weighted by Crippen LogP contribution is -2.60. The number of carbonyl (C=O) groups excluding carboxylic acids is 4. The van der Waals surface area contributed by atoms with Crippen LogP contribution in [0.1, 0.15) is 43.7 Å². The van der Waals surface area contributed by atoms with Crippen LogP contribution in [0.5, 0.6) is 5.75 Å². The molecule has 6 rings (SSSR count). The van der Waals surface area contributed by atoms with Crippen molar-refractivity contribution in [2.75, 3.05) is 57.7 Å². The number of anilines is 1. The molecule has 3 saturated heterocycles. The van der Waals surface area contributed by atoms with Crippen LogP contribution < -0.4 is 10.8 Å². The van der Waals surface area contributed by atoms with Gasteiger partial charge in [0, 0.05) is 82.6 Å². The SMILES string of the molecule is C[C@@H]1CN(C(=O)NO)CCN1C1CCN(C(=O)C(Cc2cc(Br)c(O)c(Br)c2)OC(=O)N2CCC(N3CCc4ccccc4NC3=O)CC2)CC1. The lowest BCUT2D eigenvalue weighted by molar-refractivity contribution is -0.142. The van der Waals surface area contributed by atoms with Gasteiger partial charge < -0.3 is 34.8 Å². The largest absolute Gasteiger partial charge is 0.506 e. The number of phenolic OH excluding ortho intramolecular Hbond substituents is 1. The number of piperazine rings is 1. The summed E-state index contributed by atoms with van der Waals surface area (Å²) in [6.07, 6.45) is 1.90. The number of phenols is 1. The number of halogens is 2. The smallest absolute Gasteiger partial charge is 0.410 e. The molecule has 14 nitrogen and oxygen atoms in total. The van der Waals surface area contributed by atoms with E-state index in [1.165, 1.54) is 0 Å². The molecule has 1 unspecified atom stereocenters. The number of rotatable bonds is 6. The highest BCUT2D eigenvalue weighted by atomic mass is 79.9. The van der Waals surface area contributed by atoms with Crippen molar-refractivity contribution in [2.45, 2.75) is 69.7 Å². The Kier molecular flexibility index (Phi) is 11.9. The highest BCUT2D eigenvalue weighted by molar-refractivity contribution is 9.11. The number of carbonyl (C=O) groups is 4. The Morgan fingerprint density at radius 2 is 1.57 bits per heavy atom. The van der Waals surface area contributed by atoms with Crippen molar-refractivity contribution in [1.82, 2.24) is 30.0 Å². The summed E-state index contributed by atoms with van der Waals surface area (Å²) in [5.74, 6) is -0.229. The van der Waals surface area contributed by atoms with Crippen LogP contribution in [0.4, 0.5) is 20.1 Å². The van der Waals surface area contributed by atoms with Gasteiger partial charge in [-0.3, -0.25) is 14.9 Å². The highest BCUT2D eigenvalue weighted by Gasteiger charge is 2.38. The molecule has 51 heavy (non-hydrogen) atoms. The first-order valence-electron chi connectivity index (χ1n) is 17.5. The average molecular weight is 836 g/mol. The number of fused-ring (bicyclic) bond motifs is 1. The lowest BCUT2D eigenvalue weighted by atomic mass is 9.98. The minimum atomic E-state index is -1.08. The number of nitrogens with zero attached hydrogens (tertiary/aromatic N) is 5. The molecule has 0 spiro atoms. The van der Waals surface area contributed by atoms with Crippen LogP contribution in [-0.2, 0) is 22.4 Å². The molecule has 0 bridgehead atoms. The van der Waals surface area contributed by atoms with E-state index in [0.717, 1.165) is 30.5 Å². The third-order valence-corrected chi connectivity index (χ3v) is 11.8. The maximum absolute atomic E-state index is 14.1. The van der Waals surface area contributed by atoms with Crippen LogP contribution in [0.2, 0.25) is 0 Å². The third kappa shape index (κ3) is 8.56. The summed E-state index contributed by atoms with van der Waals surface area (Å²) in [6.45, 7) is 6.12. The first kappa shape index (κ1) is 37.2. The zero-order valence-electron chi connectivity index (χ0n) is 28.6. The van der Waals surface area contributed by atoms with Crippen molar-refractivity contribution in [1.29, 1.82) is 0 Å². The number of hydrogen-bond acceptors (Lipinski definition) is 8. The van der Waals surface area contributed by atoms with E-state index in [-0.39, 0.29) is 42.2 Å². The molecule has 0 aliphatic carbocycles. The van der Waals surface area contributed by atoms with Crippen LogP contribution in [-0.4, -0.2) is 135 Å². The molecule has 276 valence electrons. The fourth-order valence-electron chi connectivity index (χ4n) is 7.81. The number of likely N-dealkylation sites (tertiary alicyclic amines) is 2. The third-order valence-electron chi connectivity index (χ3n) is 10.6. The summed E-state index contributed by atoms with van der Waals surface area (Å²) in [7, 11) is 0. The second-order valence-corrected chi connectivity index (χ2v) is 15.4. The molecule has 6 amide bonds. The zero-order valence-corrected chi connectivity index (χ0v) is 31.8. The second kappa shape index (κ2) is 16.4. The number of ether oxygens (including phenoxy) is 1. The van der Waals surface area contributed by atoms with Gasteiger partial charge >= 0.3 is 18.2 Å². The molecule has 0 aromatic heterocycles. The van der Waals surface area contributed by atoms with E-state index in [4.69, 9.17) is 9.94 Å². The number of benzene rings is 2. The van der Waals surface area contributed by atoms with Crippen LogP contribution in [0, 0.1) is 0 Å². The van der Waals surface area contributed by atoms with Gasteiger partial charge in [-0.2, -0.15) is 0 Å². The average Bonchev–Trinajstić information content (AvgIpc) is 3.31. The van der Waals surface area contributed by atoms with Crippen molar-refractivity contribution in [3.63, 3.8) is 0 Å². The van der Waals surface area contributed by atoms with Crippen molar-refractivity contribution >= 4 is 61.6 Å². The van der Waals surface area contributed by atoms with Gasteiger partial charge in [-0.05, 0) is 100 Å². The van der Waals surface area contributed by atoms with Gasteiger partial charge in [0.15, 0.2) is 6.10 Å². The standard InChI is InChI=1S/C35H45Br2N7O7/c1-22-21-42(34(48)39-50)16-17-43(22)25-7-11-40(12-8-25)32(46)30(20-23-18-27(36)31(45)28(37)19-23)51-35(49)41-13-9-26(10-14-41)44-15-6-24-4-2-3-5-29(24)38-33(44)47/h2-5,18-19,22,25-26,30,45,50H,6-17,20-21H2,1H3,(H,38,47)(H,39,48)/t22-,30?/m1/s1. The number of para-hydroxylation sites is 1. The minimum absolute atomic E-state index is 0.0219. The van der Waals surface area contributed by atoms with E-state index < -0.39 is 18.2 Å². The minimum Gasteiger partial charge on any atom is -0.506 e. The summed E-state index contributed by atoms with van der Waals surface area (Å²) in [6, 6.07) is 10.9. The highest BCUT2D eigenvalue weighted by Crippen LogP contribution is 2.34. The Morgan fingerprint density at radius 1 is 0.922 bits per heavy atom. The van der Waals surface area contributed by atoms with Crippen LogP contribution in [0.15, 0.2) is 45.3 Å². The first-order valence-corrected chi connectivity index (χ1v) is 19.1. The summed E-state index contributed by atoms with van der Waals surface area (Å²) in [5.41, 5.74) is 4.35. The van der Waals surface area contributed by atoms with Gasteiger partial charge in [0.25, 0.3) is 5.91 Å². The molecule has 3 fully saturated rings. The Hall–Kier alpha value is -3.60. The summed E-state index contributed by atoms with van der Waals surface area (Å²) in [4.78, 5) is 61.9. The Balaban J connectivity index is 1.08. The van der Waals surface area contributed by atoms with Crippen LogP contribution >= 0.6 is 31.9 Å². The molecule has 2 aromatic carbocycles. The van der Waals surface area contributed by atoms with E-state index in [2.05, 4.69) is 49.0 Å². The molecule has 0 saturated carbocycles. The molecule has 2 aromatic rings. The van der Waals surface area contributed by atoms with Gasteiger partial charge in [-0.15, -0.1) is 0 Å². The van der Waals surface area contributed by atoms with Gasteiger partial charge in [-0.25, -0.2) is 19.9 Å². The summed E-state index contributed by atoms with van der Waals surface area (Å²) in [5, 5.41) is 22.3. The van der Waals surface area contributed by atoms with Gasteiger partial charge in [0.2, 0.25) is 0 Å². The van der Waals surface area contributed by atoms with Gasteiger partial charge in [0.1, 0.15) is 5.75 Å². The molecule has 4 aliphatic heterocycles. The van der Waals surface area contributed by atoms with E-state index in [0.29, 0.717) is 79.7 Å². The summed E-state index contributed by atoms with van der Waals surface area (Å²) >= 11 is 6.74. The number of urea groups is 2. The zero-order chi connectivity index (χ0) is 36.2. The molecule has 16 heteroatoms. The predicted octanol–water partition coefficient (Wildman–Crippen LogP) is 4.62. The van der Waals surface area contributed by atoms with Crippen molar-refractivity contribution < 1.29 is 34.2 Å². The second-order valence-electron chi connectivity index (χ2n) is 13.7. The number of nitrogens with one attached hydrogen (secondary N) is 2. The number of hydrogen-bond donors (Lipinski definition) is 4. The van der Waals surface area contributed by atoms with Crippen LogP contribution in [0.3, 0.4) is 0 Å². The van der Waals surface area contributed by atoms with E-state index in [1.807, 2.05) is 29.2 Å². The number of aromatic hydroxyl groups is 1. The maximum Gasteiger partial charge on any atom is 0.410 e. The van der Waals surface area contributed by atoms with Crippen molar-refractivity contribution in [2.24, 2.45) is 0 Å². The molecule has 2 atom stereocenters. The Labute approximate surface area is 314 Å². The number of amides is 6. The molecule has 0 radical (unpaired) electrons. The molecule has 4 heterocycles. The molecule has 4 N–H and O–H groups in total. The van der Waals surface area contributed by atoms with Gasteiger partial charge in [0.05, 0.1) is 8.95 Å². The number of hydroxylamine groups is 1. The molecular weight excluding hydrogens is 790 g/mol. The van der Waals surface area contributed by atoms with E-state index in [9.17, 15) is 24.3 Å². The van der Waals surface area contributed by atoms with Crippen LogP contribution in [0.25, 0.3) is 0 Å². The van der Waals surface area contributed by atoms with Crippen molar-refractivity contribution in [3.8, 4) is 5.75 Å². The Bertz CT molecular complexity index is 1590. The maximum atomic E-state index is 14.1. The van der Waals surface area contributed by atoms with E-state index in [1.54, 1.807) is 32.3 Å².